The van der Waals surface area contributed by atoms with E-state index in [0.29, 0.717) is 29.4 Å². The van der Waals surface area contributed by atoms with Gasteiger partial charge in [0.2, 0.25) is 0 Å². The Morgan fingerprint density at radius 3 is 2.53 bits per heavy atom. The zero-order valence-corrected chi connectivity index (χ0v) is 18.5. The largest absolute Gasteiger partial charge is 0.388 e. The van der Waals surface area contributed by atoms with Gasteiger partial charge in [0.05, 0.1) is 22.9 Å². The van der Waals surface area contributed by atoms with Crippen molar-refractivity contribution in [3.05, 3.63) is 52.9 Å². The molecule has 2 aliphatic heterocycles. The van der Waals surface area contributed by atoms with Gasteiger partial charge in [-0.2, -0.15) is 0 Å². The number of aliphatic hydroxyl groups is 1. The van der Waals surface area contributed by atoms with Crippen LogP contribution in [0.3, 0.4) is 0 Å². The predicted octanol–water partition coefficient (Wildman–Crippen LogP) is 4.00. The number of ether oxygens (including phenoxy) is 1. The second kappa shape index (κ2) is 7.50. The Hall–Kier alpha value is -2.18. The normalized spacial score (nSPS) is 33.7. The molecule has 1 aromatic carbocycles. The molecule has 0 radical (unpaired) electrons. The maximum Gasteiger partial charge on any atom is 0.259 e. The second-order valence-electron chi connectivity index (χ2n) is 9.55. The molecule has 2 aliphatic rings. The molecule has 3 heterocycles. The molecule has 2 saturated heterocycles. The lowest BCUT2D eigenvalue weighted by Crippen LogP contribution is -2.57. The molecular formula is C24H32N2O4. The highest BCUT2D eigenvalue weighted by Gasteiger charge is 2.54. The van der Waals surface area contributed by atoms with Crippen LogP contribution in [0.1, 0.15) is 72.8 Å². The molecule has 4 rings (SSSR count). The molecule has 0 unspecified atom stereocenters. The molecule has 1 amide bonds. The minimum Gasteiger partial charge on any atom is -0.388 e. The highest BCUT2D eigenvalue weighted by molar-refractivity contribution is 5.96. The third-order valence-electron chi connectivity index (χ3n) is 7.10. The molecule has 1 N–H and O–H groups in total. The van der Waals surface area contributed by atoms with Crippen LogP contribution >= 0.6 is 0 Å². The number of carbonyl (C=O) groups excluding carboxylic acids is 1. The highest BCUT2D eigenvalue weighted by Crippen LogP contribution is 2.50. The number of aromatic nitrogens is 1. The molecule has 0 saturated carbocycles. The third-order valence-corrected chi connectivity index (χ3v) is 7.10. The number of amides is 1. The van der Waals surface area contributed by atoms with Crippen molar-refractivity contribution in [3.8, 4) is 0 Å². The molecule has 5 atom stereocenters. The third kappa shape index (κ3) is 3.56. The van der Waals surface area contributed by atoms with Crippen molar-refractivity contribution in [2.45, 2.75) is 82.6 Å². The number of rotatable bonds is 3. The summed E-state index contributed by atoms with van der Waals surface area (Å²) in [4.78, 5) is 14.9. The van der Waals surface area contributed by atoms with E-state index in [-0.39, 0.29) is 17.6 Å². The highest BCUT2D eigenvalue weighted by atomic mass is 16.5. The quantitative estimate of drug-likeness (QED) is 0.825. The van der Waals surface area contributed by atoms with Crippen LogP contribution in [0.4, 0.5) is 0 Å². The van der Waals surface area contributed by atoms with Gasteiger partial charge >= 0.3 is 0 Å². The van der Waals surface area contributed by atoms with Crippen LogP contribution in [0, 0.1) is 13.8 Å². The molecule has 2 fully saturated rings. The summed E-state index contributed by atoms with van der Waals surface area (Å²) >= 11 is 0. The Kier molecular flexibility index (Phi) is 5.27. The van der Waals surface area contributed by atoms with E-state index in [1.54, 1.807) is 25.8 Å². The maximum atomic E-state index is 13.2. The second-order valence-corrected chi connectivity index (χ2v) is 9.55. The van der Waals surface area contributed by atoms with E-state index >= 15 is 0 Å². The molecule has 1 aromatic heterocycles. The predicted molar refractivity (Wildman–Crippen MR) is 113 cm³/mol. The van der Waals surface area contributed by atoms with E-state index in [1.807, 2.05) is 13.0 Å². The van der Waals surface area contributed by atoms with Crippen LogP contribution in [0.25, 0.3) is 0 Å². The van der Waals surface area contributed by atoms with E-state index in [1.165, 1.54) is 5.56 Å². The number of carbonyl (C=O) groups is 1. The van der Waals surface area contributed by atoms with Crippen LogP contribution in [-0.4, -0.2) is 51.5 Å². The molecule has 0 aliphatic carbocycles. The zero-order chi connectivity index (χ0) is 21.7. The molecule has 2 bridgehead atoms. The lowest BCUT2D eigenvalue weighted by Gasteiger charge is -2.49. The maximum absolute atomic E-state index is 13.2. The number of hydrogen-bond acceptors (Lipinski definition) is 5. The fourth-order valence-corrected chi connectivity index (χ4v) is 5.56. The molecular weight excluding hydrogens is 380 g/mol. The van der Waals surface area contributed by atoms with E-state index in [2.05, 4.69) is 36.3 Å². The number of likely N-dealkylation sites (N-methyl/N-ethyl adjacent to an activating group) is 1. The van der Waals surface area contributed by atoms with Crippen LogP contribution in [0.2, 0.25) is 0 Å². The lowest BCUT2D eigenvalue weighted by molar-refractivity contribution is -0.214. The summed E-state index contributed by atoms with van der Waals surface area (Å²) in [6, 6.07) is 10.1. The number of nitrogens with zero attached hydrogens (tertiary/aromatic N) is 2. The van der Waals surface area contributed by atoms with Gasteiger partial charge in [0.25, 0.3) is 5.91 Å². The average molecular weight is 413 g/mol. The van der Waals surface area contributed by atoms with E-state index in [9.17, 15) is 9.90 Å². The molecule has 6 heteroatoms. The van der Waals surface area contributed by atoms with Crippen molar-refractivity contribution in [2.75, 3.05) is 7.05 Å². The van der Waals surface area contributed by atoms with E-state index < -0.39 is 11.7 Å². The molecule has 30 heavy (non-hydrogen) atoms. The first kappa shape index (κ1) is 21.1. The fraction of sp³-hybridized carbons (Fsp3) is 0.583. The Labute approximate surface area is 178 Å². The van der Waals surface area contributed by atoms with Crippen molar-refractivity contribution in [1.29, 1.82) is 0 Å². The fourth-order valence-electron chi connectivity index (χ4n) is 5.56. The smallest absolute Gasteiger partial charge is 0.259 e. The lowest BCUT2D eigenvalue weighted by atomic mass is 9.74. The van der Waals surface area contributed by atoms with Gasteiger partial charge < -0.3 is 19.3 Å². The van der Waals surface area contributed by atoms with Gasteiger partial charge in [-0.1, -0.05) is 35.5 Å². The van der Waals surface area contributed by atoms with E-state index in [4.69, 9.17) is 9.26 Å². The Balaban J connectivity index is 1.64. The van der Waals surface area contributed by atoms with Crippen LogP contribution in [0.5, 0.6) is 0 Å². The minimum atomic E-state index is -0.791. The van der Waals surface area contributed by atoms with Crippen LogP contribution in [-0.2, 0) is 4.74 Å². The zero-order valence-electron chi connectivity index (χ0n) is 18.5. The molecule has 2 aromatic rings. The number of aryl methyl sites for hydroxylation is 2. The summed E-state index contributed by atoms with van der Waals surface area (Å²) in [6.07, 6.45) is 2.30. The van der Waals surface area contributed by atoms with Crippen molar-refractivity contribution < 1.29 is 19.2 Å². The minimum absolute atomic E-state index is 0.167. The van der Waals surface area contributed by atoms with Crippen LogP contribution in [0.15, 0.2) is 34.9 Å². The first-order valence-corrected chi connectivity index (χ1v) is 10.8. The monoisotopic (exact) mass is 412 g/mol. The Morgan fingerprint density at radius 2 is 1.90 bits per heavy atom. The summed E-state index contributed by atoms with van der Waals surface area (Å²) in [7, 11) is 1.76. The van der Waals surface area contributed by atoms with E-state index in [0.717, 1.165) is 19.3 Å². The number of fused-ring (bicyclic) bond motifs is 2. The van der Waals surface area contributed by atoms with Crippen molar-refractivity contribution in [2.24, 2.45) is 0 Å². The summed E-state index contributed by atoms with van der Waals surface area (Å²) in [5.74, 6) is 0.650. The summed E-state index contributed by atoms with van der Waals surface area (Å²) in [6.45, 7) is 7.65. The molecule has 6 nitrogen and oxygen atoms in total. The van der Waals surface area contributed by atoms with Crippen LogP contribution < -0.4 is 0 Å². The summed E-state index contributed by atoms with van der Waals surface area (Å²) in [5.41, 5.74) is 1.27. The number of hydrogen-bond donors (Lipinski definition) is 1. The van der Waals surface area contributed by atoms with Crippen molar-refractivity contribution in [3.63, 3.8) is 0 Å². The number of benzene rings is 1. The Morgan fingerprint density at radius 1 is 1.20 bits per heavy atom. The van der Waals surface area contributed by atoms with Gasteiger partial charge in [0.1, 0.15) is 17.4 Å². The van der Waals surface area contributed by atoms with Gasteiger partial charge in [0.15, 0.2) is 0 Å². The summed E-state index contributed by atoms with van der Waals surface area (Å²) in [5, 5.41) is 15.4. The van der Waals surface area contributed by atoms with Gasteiger partial charge in [-0.15, -0.1) is 0 Å². The Bertz CT molecular complexity index is 907. The van der Waals surface area contributed by atoms with Crippen molar-refractivity contribution >= 4 is 5.91 Å². The first-order valence-electron chi connectivity index (χ1n) is 10.8. The topological polar surface area (TPSA) is 75.8 Å². The SMILES string of the molecule is Cc1noc(C)c1C(=O)N(C)[C@@H]1CC[C@@]2(C)C[C@H](c3ccccc3)C[C@](C)(O2)[C@H]1O. The van der Waals surface area contributed by atoms with Gasteiger partial charge in [0, 0.05) is 7.05 Å². The molecule has 162 valence electrons. The standard InChI is InChI=1S/C24H32N2O4/c1-15-20(16(2)29-25-15)22(28)26(5)19-11-12-23(3)13-18(17-9-7-6-8-10-17)14-24(4,30-23)21(19)27/h6-10,18-19,21,27H,11-14H2,1-5H3/t18-,19+,21-,23-,24-/m0/s1. The summed E-state index contributed by atoms with van der Waals surface area (Å²) < 4.78 is 11.8. The van der Waals surface area contributed by atoms with Gasteiger partial charge in [-0.3, -0.25) is 4.79 Å². The van der Waals surface area contributed by atoms with Gasteiger partial charge in [-0.05, 0) is 64.9 Å². The van der Waals surface area contributed by atoms with Gasteiger partial charge in [-0.25, -0.2) is 0 Å². The average Bonchev–Trinajstić information content (AvgIpc) is 3.02. The molecule has 0 spiro atoms. The van der Waals surface area contributed by atoms with Crippen molar-refractivity contribution in [1.82, 2.24) is 10.1 Å². The number of aliphatic hydroxyl groups excluding tert-OH is 1. The first-order chi connectivity index (χ1) is 14.1.